The van der Waals surface area contributed by atoms with E-state index in [1.54, 1.807) is 0 Å². The first kappa shape index (κ1) is 100. The number of ether oxygens (including phenoxy) is 4. The van der Waals surface area contributed by atoms with Crippen LogP contribution in [0.1, 0.15) is 297 Å². The Morgan fingerprint density at radius 1 is 0.274 bits per heavy atom. The maximum Gasteiger partial charge on any atom is 0.472 e. The number of hydrogen-bond acceptors (Lipinski definition) is 15. The van der Waals surface area contributed by atoms with Crippen LogP contribution in [0.5, 0.6) is 0 Å². The molecule has 0 saturated heterocycles. The normalized spacial score (nSPS) is 14.7. The topological polar surface area (TPSA) is 237 Å². The van der Waals surface area contributed by atoms with Crippen molar-refractivity contribution in [2.24, 2.45) is 0 Å². The Morgan fingerprint density at radius 2 is 0.491 bits per heavy atom. The van der Waals surface area contributed by atoms with Gasteiger partial charge in [0.25, 0.3) is 0 Å². The zero-order valence-corrected chi connectivity index (χ0v) is 67.6. The number of esters is 4. The third-order valence-corrected chi connectivity index (χ3v) is 18.0. The molecule has 0 aliphatic rings. The van der Waals surface area contributed by atoms with Gasteiger partial charge in [-0.05, 0) is 167 Å². The van der Waals surface area contributed by atoms with E-state index in [4.69, 9.17) is 37.0 Å². The maximum absolute atomic E-state index is 13.1. The van der Waals surface area contributed by atoms with Crippen LogP contribution in [-0.4, -0.2) is 96.7 Å². The minimum absolute atomic E-state index is 0.0649. The van der Waals surface area contributed by atoms with Gasteiger partial charge < -0.3 is 33.8 Å². The number of aliphatic hydroxyl groups is 1. The van der Waals surface area contributed by atoms with Crippen molar-refractivity contribution < 1.29 is 80.2 Å². The fraction of sp³-hybridized carbons (Fsp3) is 0.632. The summed E-state index contributed by atoms with van der Waals surface area (Å²) in [6.45, 7) is 4.37. The molecule has 602 valence electrons. The van der Waals surface area contributed by atoms with Crippen molar-refractivity contribution in [3.8, 4) is 0 Å². The van der Waals surface area contributed by atoms with E-state index in [-0.39, 0.29) is 25.7 Å². The summed E-state index contributed by atoms with van der Waals surface area (Å²) in [6.07, 6.45) is 91.8. The Morgan fingerprint density at radius 3 is 0.764 bits per heavy atom. The molecule has 0 aromatic carbocycles. The fourth-order valence-corrected chi connectivity index (χ4v) is 11.7. The van der Waals surface area contributed by atoms with Crippen LogP contribution in [0.3, 0.4) is 0 Å². The van der Waals surface area contributed by atoms with E-state index in [9.17, 15) is 43.2 Å². The monoisotopic (exact) mass is 1520 g/mol. The lowest BCUT2D eigenvalue weighted by Gasteiger charge is -2.21. The zero-order valence-electron chi connectivity index (χ0n) is 65.8. The second kappa shape index (κ2) is 77.6. The molecule has 0 spiro atoms. The molecule has 0 saturated carbocycles. The van der Waals surface area contributed by atoms with Gasteiger partial charge in [0.2, 0.25) is 0 Å². The van der Waals surface area contributed by atoms with Crippen molar-refractivity contribution in [1.82, 2.24) is 0 Å². The third kappa shape index (κ3) is 76.6. The number of carbonyl (C=O) groups is 4. The highest BCUT2D eigenvalue weighted by Gasteiger charge is 2.30. The largest absolute Gasteiger partial charge is 0.472 e. The second-order valence-corrected chi connectivity index (χ2v) is 29.1. The molecule has 5 atom stereocenters. The second-order valence-electron chi connectivity index (χ2n) is 26.2. The summed E-state index contributed by atoms with van der Waals surface area (Å²) in [5, 5.41) is 10.6. The number of rotatable bonds is 74. The lowest BCUT2D eigenvalue weighted by atomic mass is 10.1. The van der Waals surface area contributed by atoms with E-state index in [1.165, 1.54) is 0 Å². The van der Waals surface area contributed by atoms with E-state index in [0.717, 1.165) is 218 Å². The molecule has 0 bridgehead atoms. The number of hydrogen-bond donors (Lipinski definition) is 3. The first-order valence-electron chi connectivity index (χ1n) is 40.4. The summed E-state index contributed by atoms with van der Waals surface area (Å²) in [5.41, 5.74) is 0. The van der Waals surface area contributed by atoms with Crippen molar-refractivity contribution in [2.45, 2.75) is 316 Å². The SMILES string of the molecule is CC/C=C\C/C=C\C/C=C\C/C=C\C/C=C\CCCCCC(=O)OCC(COP(=O)(O)OCC(O)COP(=O)(O)OCC(COC(=O)CCCCCCCC/C=C\C/C=C\C/C=C\C/C=C\CC)OC(=O)CCCCCCC/C=C\C/C=C\C/C=C\CC)OC(=O)CCCCCCC/C=C\C/C=C\CCC. The molecule has 5 unspecified atom stereocenters. The van der Waals surface area contributed by atoms with Gasteiger partial charge in [-0.25, -0.2) is 9.13 Å². The predicted octanol–water partition coefficient (Wildman–Crippen LogP) is 23.8. The van der Waals surface area contributed by atoms with Gasteiger partial charge in [-0.15, -0.1) is 0 Å². The van der Waals surface area contributed by atoms with Gasteiger partial charge in [-0.3, -0.25) is 37.3 Å². The number of phosphoric acid groups is 2. The lowest BCUT2D eigenvalue weighted by Crippen LogP contribution is -2.30. The van der Waals surface area contributed by atoms with E-state index in [2.05, 4.69) is 198 Å². The smallest absolute Gasteiger partial charge is 0.462 e. The van der Waals surface area contributed by atoms with E-state index in [1.807, 2.05) is 0 Å². The highest BCUT2D eigenvalue weighted by molar-refractivity contribution is 7.47. The number of carbonyl (C=O) groups excluding carboxylic acids is 4. The number of phosphoric ester groups is 2. The molecule has 17 nitrogen and oxygen atoms in total. The minimum atomic E-state index is -5.00. The number of allylic oxidation sites excluding steroid dienone is 28. The van der Waals surface area contributed by atoms with Gasteiger partial charge in [0.1, 0.15) is 19.3 Å². The summed E-state index contributed by atoms with van der Waals surface area (Å²) in [4.78, 5) is 73.1. The quantitative estimate of drug-likeness (QED) is 0.0169. The average molecular weight is 1520 g/mol. The number of unbranched alkanes of at least 4 members (excludes halogenated alkanes) is 20. The predicted molar refractivity (Wildman–Crippen MR) is 436 cm³/mol. The molecule has 0 aromatic rings. The molecule has 19 heteroatoms. The minimum Gasteiger partial charge on any atom is -0.462 e. The summed E-state index contributed by atoms with van der Waals surface area (Å²) < 4.78 is 68.6. The molecule has 0 radical (unpaired) electrons. The van der Waals surface area contributed by atoms with Crippen LogP contribution in [0.4, 0.5) is 0 Å². The van der Waals surface area contributed by atoms with Crippen LogP contribution in [0, 0.1) is 0 Å². The fourth-order valence-electron chi connectivity index (χ4n) is 10.1. The van der Waals surface area contributed by atoms with Crippen LogP contribution in [-0.2, 0) is 65.4 Å². The molecule has 0 heterocycles. The lowest BCUT2D eigenvalue weighted by molar-refractivity contribution is -0.161. The van der Waals surface area contributed by atoms with Gasteiger partial charge in [0.05, 0.1) is 26.4 Å². The van der Waals surface area contributed by atoms with Crippen molar-refractivity contribution in [3.05, 3.63) is 170 Å². The summed E-state index contributed by atoms with van der Waals surface area (Å²) in [7, 11) is -9.99. The zero-order chi connectivity index (χ0) is 77.4. The molecule has 0 aliphatic carbocycles. The first-order valence-corrected chi connectivity index (χ1v) is 43.4. The van der Waals surface area contributed by atoms with Crippen LogP contribution in [0.25, 0.3) is 0 Å². The Labute approximate surface area is 642 Å². The molecule has 106 heavy (non-hydrogen) atoms. The highest BCUT2D eigenvalue weighted by atomic mass is 31.2. The molecular formula is C87H142O17P2. The van der Waals surface area contributed by atoms with E-state index < -0.39 is 97.5 Å². The Hall–Kier alpha value is -5.58. The molecule has 0 rings (SSSR count). The molecule has 3 N–H and O–H groups in total. The van der Waals surface area contributed by atoms with E-state index in [0.29, 0.717) is 25.7 Å². The van der Waals surface area contributed by atoms with Gasteiger partial charge >= 0.3 is 39.5 Å². The molecule has 0 aromatic heterocycles. The Bertz CT molecular complexity index is 2680. The Balaban J connectivity index is 5.42. The molecular weight excluding hydrogens is 1380 g/mol. The maximum atomic E-state index is 13.1. The van der Waals surface area contributed by atoms with Gasteiger partial charge in [0.15, 0.2) is 12.2 Å². The molecule has 0 aliphatic heterocycles. The van der Waals surface area contributed by atoms with Crippen molar-refractivity contribution >= 4 is 39.5 Å². The van der Waals surface area contributed by atoms with Crippen LogP contribution >= 0.6 is 15.6 Å². The molecule has 0 fully saturated rings. The first-order chi connectivity index (χ1) is 51.7. The highest BCUT2D eigenvalue weighted by Crippen LogP contribution is 2.45. The van der Waals surface area contributed by atoms with Gasteiger partial charge in [0, 0.05) is 25.7 Å². The van der Waals surface area contributed by atoms with Crippen LogP contribution in [0.2, 0.25) is 0 Å². The van der Waals surface area contributed by atoms with Crippen LogP contribution in [0.15, 0.2) is 170 Å². The third-order valence-electron chi connectivity index (χ3n) is 16.1. The average Bonchev–Trinajstić information content (AvgIpc) is 0.901. The van der Waals surface area contributed by atoms with Gasteiger partial charge in [-0.1, -0.05) is 275 Å². The molecule has 0 amide bonds. The van der Waals surface area contributed by atoms with E-state index >= 15 is 0 Å². The Kier molecular flexibility index (Phi) is 73.5. The van der Waals surface area contributed by atoms with Crippen molar-refractivity contribution in [3.63, 3.8) is 0 Å². The summed E-state index contributed by atoms with van der Waals surface area (Å²) in [6, 6.07) is 0. The summed E-state index contributed by atoms with van der Waals surface area (Å²) in [5.74, 6) is -2.27. The number of aliphatic hydroxyl groups excluding tert-OH is 1. The van der Waals surface area contributed by atoms with Crippen LogP contribution < -0.4 is 0 Å². The van der Waals surface area contributed by atoms with Crippen molar-refractivity contribution in [2.75, 3.05) is 39.6 Å². The van der Waals surface area contributed by atoms with Gasteiger partial charge in [-0.2, -0.15) is 0 Å². The van der Waals surface area contributed by atoms with Crippen molar-refractivity contribution in [1.29, 1.82) is 0 Å². The standard InChI is InChI=1S/C87H142O17P2/c1-5-9-13-17-21-25-29-33-36-38-40-42-45-48-51-55-59-63-67-71-84(89)97-77-82(103-86(91)73-69-65-61-57-53-47-32-28-24-20-16-12-8-4)79-101-105(93,94)99-75-81(88)76-100-106(95,96)102-80-83(104-87(92)74-70-66-62-58-54-50-44-35-31-27-23-19-15-11-7-3)78-98-85(90)72-68-64-60-56-52-49-46-43-41-39-37-34-30-26-22-18-14-10-6-2/h9-11,13-16,20-23,25-28,32-37,40-44,48,51,81-83,88H,5-8,12,17-19,24,29-31,38-39,45-47,49-50,52-80H2,1-4H3,(H,93,94)(H,95,96)/b13-9-,14-10-,15-11-,20-16-,25-21-,26-22-,27-23-,32-28-,36-33-,37-34-,42-40-,43-41-,44-35-,51-48-. The summed E-state index contributed by atoms with van der Waals surface area (Å²) >= 11 is 0.